The Balaban J connectivity index is 1.93. The molecule has 140 valence electrons. The lowest BCUT2D eigenvalue weighted by molar-refractivity contribution is -0.384. The molecule has 8 nitrogen and oxygen atoms in total. The van der Waals surface area contributed by atoms with Crippen LogP contribution in [0.15, 0.2) is 47.6 Å². The van der Waals surface area contributed by atoms with Crippen molar-refractivity contribution in [2.24, 2.45) is 5.10 Å². The van der Waals surface area contributed by atoms with Gasteiger partial charge in [0.05, 0.1) is 11.3 Å². The minimum atomic E-state index is -0.640. The number of hydrogen-bond donors (Lipinski definition) is 2. The zero-order chi connectivity index (χ0) is 20.0. The summed E-state index contributed by atoms with van der Waals surface area (Å²) < 4.78 is 0. The van der Waals surface area contributed by atoms with E-state index in [1.165, 1.54) is 12.1 Å². The first-order valence-electron chi connectivity index (χ1n) is 7.90. The highest BCUT2D eigenvalue weighted by atomic mass is 35.5. The number of nitro groups is 1. The number of amides is 2. The smallest absolute Gasteiger partial charge is 0.287 e. The molecule has 2 N–H and O–H groups in total. The molecule has 0 saturated heterocycles. The Hall–Kier alpha value is -3.26. The first-order chi connectivity index (χ1) is 12.8. The molecule has 0 radical (unpaired) electrons. The first-order valence-corrected chi connectivity index (χ1v) is 8.28. The molecule has 0 saturated carbocycles. The Morgan fingerprint density at radius 2 is 1.85 bits per heavy atom. The van der Waals surface area contributed by atoms with Crippen LogP contribution in [0.5, 0.6) is 0 Å². The van der Waals surface area contributed by atoms with Gasteiger partial charge in [-0.25, -0.2) is 5.43 Å². The van der Waals surface area contributed by atoms with Crippen LogP contribution < -0.4 is 10.7 Å². The van der Waals surface area contributed by atoms with E-state index in [4.69, 9.17) is 11.6 Å². The fraction of sp³-hybridized carbons (Fsp3) is 0.167. The van der Waals surface area contributed by atoms with E-state index in [9.17, 15) is 19.7 Å². The van der Waals surface area contributed by atoms with Crippen LogP contribution in [0.25, 0.3) is 0 Å². The van der Waals surface area contributed by atoms with Crippen LogP contribution in [0.4, 0.5) is 11.4 Å². The zero-order valence-electron chi connectivity index (χ0n) is 14.7. The van der Waals surface area contributed by atoms with Crippen molar-refractivity contribution in [1.29, 1.82) is 0 Å². The Morgan fingerprint density at radius 1 is 1.19 bits per heavy atom. The molecule has 0 unspecified atom stereocenters. The van der Waals surface area contributed by atoms with Gasteiger partial charge in [-0.3, -0.25) is 19.7 Å². The Labute approximate surface area is 160 Å². The maximum absolute atomic E-state index is 12.0. The van der Waals surface area contributed by atoms with E-state index >= 15 is 0 Å². The third-order valence-electron chi connectivity index (χ3n) is 3.51. The van der Waals surface area contributed by atoms with E-state index < -0.39 is 10.8 Å². The van der Waals surface area contributed by atoms with Crippen LogP contribution in [-0.4, -0.2) is 22.4 Å². The summed E-state index contributed by atoms with van der Waals surface area (Å²) in [6.45, 7) is 3.54. The number of nitrogens with zero attached hydrogens (tertiary/aromatic N) is 2. The van der Waals surface area contributed by atoms with Gasteiger partial charge in [-0.2, -0.15) is 5.10 Å². The summed E-state index contributed by atoms with van der Waals surface area (Å²) in [6, 6.07) is 10.9. The number of nitro benzene ring substituents is 1. The van der Waals surface area contributed by atoms with Gasteiger partial charge < -0.3 is 5.32 Å². The van der Waals surface area contributed by atoms with E-state index in [0.717, 1.165) is 11.6 Å². The van der Waals surface area contributed by atoms with E-state index in [2.05, 4.69) is 15.8 Å². The summed E-state index contributed by atoms with van der Waals surface area (Å²) in [4.78, 5) is 34.1. The van der Waals surface area contributed by atoms with Gasteiger partial charge in [-0.15, -0.1) is 0 Å². The van der Waals surface area contributed by atoms with E-state index in [1.54, 1.807) is 19.1 Å². The highest BCUT2D eigenvalue weighted by molar-refractivity contribution is 6.33. The van der Waals surface area contributed by atoms with Gasteiger partial charge in [0.2, 0.25) is 5.91 Å². The van der Waals surface area contributed by atoms with Crippen LogP contribution in [-0.2, 0) is 4.79 Å². The van der Waals surface area contributed by atoms with Crippen molar-refractivity contribution in [3.05, 3.63) is 68.7 Å². The molecule has 0 bridgehead atoms. The maximum Gasteiger partial charge on any atom is 0.287 e. The summed E-state index contributed by atoms with van der Waals surface area (Å²) >= 11 is 5.78. The molecule has 0 aliphatic rings. The van der Waals surface area contributed by atoms with Gasteiger partial charge in [-0.05, 0) is 38.1 Å². The zero-order valence-corrected chi connectivity index (χ0v) is 15.4. The van der Waals surface area contributed by atoms with Crippen LogP contribution >= 0.6 is 11.6 Å². The minimum Gasteiger partial charge on any atom is -0.326 e. The largest absolute Gasteiger partial charge is 0.326 e. The van der Waals surface area contributed by atoms with Crippen LogP contribution in [0.3, 0.4) is 0 Å². The maximum atomic E-state index is 12.0. The molecule has 2 rings (SSSR count). The molecule has 0 aromatic heterocycles. The minimum absolute atomic E-state index is 0.00479. The van der Waals surface area contributed by atoms with Crippen LogP contribution in [0.1, 0.15) is 29.3 Å². The fourth-order valence-electron chi connectivity index (χ4n) is 2.12. The number of rotatable bonds is 6. The van der Waals surface area contributed by atoms with Gasteiger partial charge >= 0.3 is 0 Å². The molecule has 27 heavy (non-hydrogen) atoms. The topological polar surface area (TPSA) is 114 Å². The molecule has 0 spiro atoms. The van der Waals surface area contributed by atoms with Crippen molar-refractivity contribution < 1.29 is 14.5 Å². The molecule has 0 heterocycles. The summed E-state index contributed by atoms with van der Waals surface area (Å²) in [6.07, 6.45) is -0.00479. The molecule has 2 aromatic carbocycles. The van der Waals surface area contributed by atoms with Crippen molar-refractivity contribution in [2.75, 3.05) is 5.32 Å². The molecular weight excluding hydrogens is 372 g/mol. The number of aryl methyl sites for hydroxylation is 1. The number of anilines is 1. The molecule has 2 aromatic rings. The van der Waals surface area contributed by atoms with Crippen molar-refractivity contribution in [3.63, 3.8) is 0 Å². The predicted molar refractivity (Wildman–Crippen MR) is 103 cm³/mol. The van der Waals surface area contributed by atoms with Crippen molar-refractivity contribution in [3.8, 4) is 0 Å². The van der Waals surface area contributed by atoms with Gasteiger partial charge in [0, 0.05) is 23.0 Å². The average Bonchev–Trinajstić information content (AvgIpc) is 2.61. The molecule has 0 aliphatic heterocycles. The second kappa shape index (κ2) is 8.91. The third-order valence-corrected chi connectivity index (χ3v) is 3.81. The Bertz CT molecular complexity index is 910. The average molecular weight is 389 g/mol. The van der Waals surface area contributed by atoms with Crippen molar-refractivity contribution in [2.45, 2.75) is 20.3 Å². The Kier molecular flexibility index (Phi) is 6.62. The molecule has 0 aliphatic carbocycles. The Morgan fingerprint density at radius 3 is 2.44 bits per heavy atom. The molecule has 9 heteroatoms. The second-order valence-corrected chi connectivity index (χ2v) is 6.21. The van der Waals surface area contributed by atoms with Gasteiger partial charge in [0.1, 0.15) is 5.02 Å². The van der Waals surface area contributed by atoms with Crippen molar-refractivity contribution in [1.82, 2.24) is 5.43 Å². The highest BCUT2D eigenvalue weighted by Crippen LogP contribution is 2.24. The normalized spacial score (nSPS) is 11.0. The number of benzene rings is 2. The first kappa shape index (κ1) is 20.1. The number of carbonyl (C=O) groups excluding carboxylic acids is 2. The lowest BCUT2D eigenvalue weighted by Gasteiger charge is -2.06. The van der Waals surface area contributed by atoms with Crippen LogP contribution in [0.2, 0.25) is 5.02 Å². The second-order valence-electron chi connectivity index (χ2n) is 5.80. The molecule has 0 fully saturated rings. The number of hydrazone groups is 1. The fourth-order valence-corrected chi connectivity index (χ4v) is 2.37. The summed E-state index contributed by atoms with van der Waals surface area (Å²) in [7, 11) is 0. The number of carbonyl (C=O) groups is 2. The third kappa shape index (κ3) is 5.89. The highest BCUT2D eigenvalue weighted by Gasteiger charge is 2.15. The molecule has 0 atom stereocenters. The monoisotopic (exact) mass is 388 g/mol. The summed E-state index contributed by atoms with van der Waals surface area (Å²) in [5, 5.41) is 17.2. The number of hydrogen-bond acceptors (Lipinski definition) is 5. The standard InChI is InChI=1S/C18H17ClN4O4/c1-11-3-6-14(7-4-11)20-17(24)9-12(2)21-22-18(25)13-5-8-16(23(26)27)15(19)10-13/h3-8,10H,9H2,1-2H3,(H,20,24)(H,22,25). The lowest BCUT2D eigenvalue weighted by atomic mass is 10.2. The number of nitrogens with one attached hydrogen (secondary N) is 2. The number of halogens is 1. The molecule has 2 amide bonds. The summed E-state index contributed by atoms with van der Waals surface area (Å²) in [5.74, 6) is -0.863. The van der Waals surface area contributed by atoms with Gasteiger partial charge in [0.15, 0.2) is 0 Å². The lowest BCUT2D eigenvalue weighted by Crippen LogP contribution is -2.21. The summed E-state index contributed by atoms with van der Waals surface area (Å²) in [5.41, 5.74) is 4.26. The quantitative estimate of drug-likeness (QED) is 0.446. The van der Waals surface area contributed by atoms with Crippen LogP contribution in [0, 0.1) is 17.0 Å². The predicted octanol–water partition coefficient (Wildman–Crippen LogP) is 3.69. The van der Waals surface area contributed by atoms with Crippen molar-refractivity contribution >= 4 is 40.5 Å². The van der Waals surface area contributed by atoms with Gasteiger partial charge in [-0.1, -0.05) is 29.3 Å². The van der Waals surface area contributed by atoms with E-state index in [1.807, 2.05) is 19.1 Å². The van der Waals surface area contributed by atoms with Gasteiger partial charge in [0.25, 0.3) is 11.6 Å². The SMILES string of the molecule is CC(CC(=O)Nc1ccc(C)cc1)=NNC(=O)c1ccc([N+](=O)[O-])c(Cl)c1. The molecular formula is C18H17ClN4O4. The van der Waals surface area contributed by atoms with E-state index in [-0.39, 0.29) is 28.6 Å². The van der Waals surface area contributed by atoms with E-state index in [0.29, 0.717) is 11.4 Å².